The Morgan fingerprint density at radius 1 is 0.931 bits per heavy atom. The summed E-state index contributed by atoms with van der Waals surface area (Å²) in [4.78, 5) is 9.08. The molecule has 5 heteroatoms. The first-order valence-corrected chi connectivity index (χ1v) is 10.0. The molecule has 1 aromatic heterocycles. The Morgan fingerprint density at radius 2 is 1.72 bits per heavy atom. The summed E-state index contributed by atoms with van der Waals surface area (Å²) in [6.07, 6.45) is 2.67. The van der Waals surface area contributed by atoms with Crippen LogP contribution in [0, 0.1) is 0 Å². The molecule has 2 aromatic carbocycles. The number of hydrogen-bond donors (Lipinski definition) is 2. The van der Waals surface area contributed by atoms with Gasteiger partial charge in [-0.05, 0) is 30.7 Å². The molecular weight excluding hydrogens is 360 g/mol. The topological polar surface area (TPSA) is 58.5 Å². The largest absolute Gasteiger partial charge is 0.489 e. The fourth-order valence-electron chi connectivity index (χ4n) is 2.87. The van der Waals surface area contributed by atoms with E-state index in [4.69, 9.17) is 9.73 Å². The van der Waals surface area contributed by atoms with Crippen molar-refractivity contribution in [2.45, 2.75) is 26.5 Å². The Labute approximate surface area is 172 Å². The second-order valence-corrected chi connectivity index (χ2v) is 6.58. The first kappa shape index (κ1) is 20.4. The smallest absolute Gasteiger partial charge is 0.191 e. The average molecular weight is 389 g/mol. The fourth-order valence-corrected chi connectivity index (χ4v) is 2.87. The van der Waals surface area contributed by atoms with Crippen molar-refractivity contribution in [1.29, 1.82) is 0 Å². The van der Waals surface area contributed by atoms with Crippen molar-refractivity contribution in [3.05, 3.63) is 95.8 Å². The van der Waals surface area contributed by atoms with E-state index in [2.05, 4.69) is 40.7 Å². The second kappa shape index (κ2) is 11.5. The maximum absolute atomic E-state index is 6.04. The summed E-state index contributed by atoms with van der Waals surface area (Å²) in [6, 6.07) is 24.2. The number of aliphatic imine (C=N–C) groups is 1. The van der Waals surface area contributed by atoms with Gasteiger partial charge in [-0.25, -0.2) is 4.99 Å². The second-order valence-electron chi connectivity index (χ2n) is 6.58. The van der Waals surface area contributed by atoms with Gasteiger partial charge in [-0.15, -0.1) is 0 Å². The fraction of sp³-hybridized carbons (Fsp3) is 0.250. The van der Waals surface area contributed by atoms with E-state index in [0.29, 0.717) is 13.2 Å². The highest BCUT2D eigenvalue weighted by molar-refractivity contribution is 5.79. The van der Waals surface area contributed by atoms with Gasteiger partial charge in [0.1, 0.15) is 12.4 Å². The van der Waals surface area contributed by atoms with Gasteiger partial charge in [-0.1, -0.05) is 54.6 Å². The molecule has 150 valence electrons. The van der Waals surface area contributed by atoms with Gasteiger partial charge < -0.3 is 15.4 Å². The molecule has 5 nitrogen and oxygen atoms in total. The summed E-state index contributed by atoms with van der Waals surface area (Å²) in [5.74, 6) is 1.66. The van der Waals surface area contributed by atoms with Crippen LogP contribution >= 0.6 is 0 Å². The molecule has 0 amide bonds. The van der Waals surface area contributed by atoms with E-state index in [1.165, 1.54) is 0 Å². The van der Waals surface area contributed by atoms with Gasteiger partial charge in [-0.2, -0.15) is 0 Å². The molecule has 3 rings (SSSR count). The first-order valence-electron chi connectivity index (χ1n) is 10.0. The van der Waals surface area contributed by atoms with Crippen LogP contribution in [0.25, 0.3) is 0 Å². The van der Waals surface area contributed by atoms with Gasteiger partial charge in [0, 0.05) is 37.0 Å². The maximum Gasteiger partial charge on any atom is 0.191 e. The standard InChI is InChI=1S/C24H28N4O/c1-2-25-24(27-17-15-22-13-8-9-16-26-22)28-18-21-12-6-7-14-23(21)29-19-20-10-4-3-5-11-20/h3-14,16H,2,15,17-19H2,1H3,(H2,25,27,28). The van der Waals surface area contributed by atoms with Crippen molar-refractivity contribution in [2.75, 3.05) is 13.1 Å². The molecular formula is C24H28N4O. The molecule has 29 heavy (non-hydrogen) atoms. The molecule has 0 saturated heterocycles. The molecule has 0 fully saturated rings. The summed E-state index contributed by atoms with van der Waals surface area (Å²) >= 11 is 0. The lowest BCUT2D eigenvalue weighted by atomic mass is 10.2. The van der Waals surface area contributed by atoms with E-state index in [9.17, 15) is 0 Å². The van der Waals surface area contributed by atoms with Crippen LogP contribution in [0.5, 0.6) is 5.75 Å². The van der Waals surface area contributed by atoms with E-state index in [1.54, 1.807) is 0 Å². The highest BCUT2D eigenvalue weighted by atomic mass is 16.5. The number of aromatic nitrogens is 1. The van der Waals surface area contributed by atoms with Gasteiger partial charge in [0.2, 0.25) is 0 Å². The van der Waals surface area contributed by atoms with Crippen LogP contribution in [0.2, 0.25) is 0 Å². The normalized spacial score (nSPS) is 11.1. The van der Waals surface area contributed by atoms with Gasteiger partial charge >= 0.3 is 0 Å². The summed E-state index contributed by atoms with van der Waals surface area (Å²) in [5.41, 5.74) is 3.27. The van der Waals surface area contributed by atoms with Gasteiger partial charge in [-0.3, -0.25) is 4.98 Å². The number of guanidine groups is 1. The summed E-state index contributed by atoms with van der Waals surface area (Å²) in [7, 11) is 0. The van der Waals surface area contributed by atoms with Crippen molar-refractivity contribution in [3.8, 4) is 5.75 Å². The molecule has 0 bridgehead atoms. The Hall–Kier alpha value is -3.34. The molecule has 0 radical (unpaired) electrons. The zero-order valence-electron chi connectivity index (χ0n) is 16.8. The predicted molar refractivity (Wildman–Crippen MR) is 118 cm³/mol. The number of nitrogens with one attached hydrogen (secondary N) is 2. The summed E-state index contributed by atoms with van der Waals surface area (Å²) in [6.45, 7) is 4.73. The maximum atomic E-state index is 6.04. The Morgan fingerprint density at radius 3 is 2.52 bits per heavy atom. The number of ether oxygens (including phenoxy) is 1. The van der Waals surface area contributed by atoms with Crippen LogP contribution in [0.4, 0.5) is 0 Å². The molecule has 0 saturated carbocycles. The van der Waals surface area contributed by atoms with E-state index in [-0.39, 0.29) is 0 Å². The third-order valence-corrected chi connectivity index (χ3v) is 4.36. The molecule has 3 aromatic rings. The van der Waals surface area contributed by atoms with Crippen LogP contribution in [-0.2, 0) is 19.6 Å². The summed E-state index contributed by atoms with van der Waals surface area (Å²) < 4.78 is 6.04. The van der Waals surface area contributed by atoms with E-state index < -0.39 is 0 Å². The average Bonchev–Trinajstić information content (AvgIpc) is 2.78. The highest BCUT2D eigenvalue weighted by Crippen LogP contribution is 2.20. The zero-order chi connectivity index (χ0) is 20.2. The number of benzene rings is 2. The molecule has 0 atom stereocenters. The number of nitrogens with zero attached hydrogens (tertiary/aromatic N) is 2. The molecule has 0 aliphatic rings. The minimum atomic E-state index is 0.546. The number of pyridine rings is 1. The highest BCUT2D eigenvalue weighted by Gasteiger charge is 2.04. The third-order valence-electron chi connectivity index (χ3n) is 4.36. The lowest BCUT2D eigenvalue weighted by molar-refractivity contribution is 0.303. The van der Waals surface area contributed by atoms with Crippen molar-refractivity contribution in [1.82, 2.24) is 15.6 Å². The minimum Gasteiger partial charge on any atom is -0.489 e. The summed E-state index contributed by atoms with van der Waals surface area (Å²) in [5, 5.41) is 6.67. The van der Waals surface area contributed by atoms with E-state index in [0.717, 1.165) is 48.0 Å². The Bertz CT molecular complexity index is 882. The number of para-hydroxylation sites is 1. The van der Waals surface area contributed by atoms with E-state index in [1.807, 2.05) is 60.8 Å². The lowest BCUT2D eigenvalue weighted by Gasteiger charge is -2.13. The Balaban J connectivity index is 1.58. The molecule has 2 N–H and O–H groups in total. The lowest BCUT2D eigenvalue weighted by Crippen LogP contribution is -2.38. The van der Waals surface area contributed by atoms with Gasteiger partial charge in [0.15, 0.2) is 5.96 Å². The van der Waals surface area contributed by atoms with E-state index >= 15 is 0 Å². The molecule has 0 spiro atoms. The molecule has 1 heterocycles. The van der Waals surface area contributed by atoms with Crippen molar-refractivity contribution < 1.29 is 4.74 Å². The number of rotatable bonds is 9. The van der Waals surface area contributed by atoms with Crippen molar-refractivity contribution in [3.63, 3.8) is 0 Å². The van der Waals surface area contributed by atoms with Crippen LogP contribution in [0.3, 0.4) is 0 Å². The Kier molecular flexibility index (Phi) is 8.08. The molecule has 0 aliphatic heterocycles. The third kappa shape index (κ3) is 6.96. The monoisotopic (exact) mass is 388 g/mol. The molecule has 0 aliphatic carbocycles. The van der Waals surface area contributed by atoms with Crippen LogP contribution in [0.15, 0.2) is 84.0 Å². The molecule has 0 unspecified atom stereocenters. The van der Waals surface area contributed by atoms with Crippen LogP contribution < -0.4 is 15.4 Å². The minimum absolute atomic E-state index is 0.546. The van der Waals surface area contributed by atoms with Crippen molar-refractivity contribution in [2.24, 2.45) is 4.99 Å². The van der Waals surface area contributed by atoms with Gasteiger partial charge in [0.25, 0.3) is 0 Å². The van der Waals surface area contributed by atoms with Gasteiger partial charge in [0.05, 0.1) is 6.54 Å². The quantitative estimate of drug-likeness (QED) is 0.430. The van der Waals surface area contributed by atoms with Crippen LogP contribution in [0.1, 0.15) is 23.7 Å². The zero-order valence-corrected chi connectivity index (χ0v) is 16.8. The first-order chi connectivity index (χ1) is 14.3. The predicted octanol–water partition coefficient (Wildman–Crippen LogP) is 3.96. The van der Waals surface area contributed by atoms with Crippen molar-refractivity contribution >= 4 is 5.96 Å². The SMILES string of the molecule is CCNC(=NCc1ccccc1OCc1ccccc1)NCCc1ccccn1. The number of hydrogen-bond acceptors (Lipinski definition) is 3. The van der Waals surface area contributed by atoms with Crippen LogP contribution in [-0.4, -0.2) is 24.0 Å².